The van der Waals surface area contributed by atoms with E-state index in [0.29, 0.717) is 5.92 Å². The summed E-state index contributed by atoms with van der Waals surface area (Å²) in [6.45, 7) is 1.86. The number of halogens is 3. The Kier molecular flexibility index (Phi) is 4.41. The van der Waals surface area contributed by atoms with Crippen LogP contribution in [0, 0.1) is 5.92 Å². The van der Waals surface area contributed by atoms with Gasteiger partial charge in [-0.05, 0) is 37.5 Å². The van der Waals surface area contributed by atoms with Crippen LogP contribution < -0.4 is 16.6 Å². The normalized spacial score (nSPS) is 16.4. The zero-order chi connectivity index (χ0) is 15.6. The number of carbonyl (C=O) groups excluding carboxylic acids is 1. The van der Waals surface area contributed by atoms with Crippen LogP contribution in [-0.4, -0.2) is 11.9 Å². The molecule has 116 valence electrons. The Bertz CT molecular complexity index is 527. The van der Waals surface area contributed by atoms with Crippen LogP contribution in [0.1, 0.15) is 42.1 Å². The molecule has 21 heavy (non-hydrogen) atoms. The monoisotopic (exact) mass is 301 g/mol. The van der Waals surface area contributed by atoms with E-state index < -0.39 is 17.6 Å². The number of carbonyl (C=O) groups is 1. The highest BCUT2D eigenvalue weighted by molar-refractivity contribution is 5.95. The molecule has 1 aliphatic carbocycles. The summed E-state index contributed by atoms with van der Waals surface area (Å²) < 4.78 is 38.7. The van der Waals surface area contributed by atoms with Gasteiger partial charge >= 0.3 is 6.18 Å². The Balaban J connectivity index is 2.13. The topological polar surface area (TPSA) is 67.2 Å². The lowest BCUT2D eigenvalue weighted by molar-refractivity contribution is -0.137. The van der Waals surface area contributed by atoms with Crippen LogP contribution in [0.5, 0.6) is 0 Å². The molecule has 1 atom stereocenters. The Hall–Kier alpha value is -1.76. The van der Waals surface area contributed by atoms with Gasteiger partial charge in [0, 0.05) is 11.6 Å². The molecular weight excluding hydrogens is 283 g/mol. The van der Waals surface area contributed by atoms with Gasteiger partial charge in [0.2, 0.25) is 0 Å². The van der Waals surface area contributed by atoms with E-state index >= 15 is 0 Å². The minimum absolute atomic E-state index is 0.0241. The quantitative estimate of drug-likeness (QED) is 0.578. The minimum atomic E-state index is -4.57. The van der Waals surface area contributed by atoms with Gasteiger partial charge in [0.05, 0.1) is 11.3 Å². The molecule has 1 saturated carbocycles. The van der Waals surface area contributed by atoms with Crippen molar-refractivity contribution in [2.75, 3.05) is 5.43 Å². The molecule has 1 fully saturated rings. The van der Waals surface area contributed by atoms with Crippen molar-refractivity contribution in [1.82, 2.24) is 5.32 Å². The third kappa shape index (κ3) is 4.10. The number of benzene rings is 1. The molecule has 4 nitrogen and oxygen atoms in total. The van der Waals surface area contributed by atoms with Gasteiger partial charge in [0.1, 0.15) is 0 Å². The number of rotatable bonds is 5. The average molecular weight is 301 g/mol. The van der Waals surface area contributed by atoms with Crippen molar-refractivity contribution in [1.29, 1.82) is 0 Å². The fourth-order valence-electron chi connectivity index (χ4n) is 2.27. The summed E-state index contributed by atoms with van der Waals surface area (Å²) in [6.07, 6.45) is -1.39. The van der Waals surface area contributed by atoms with E-state index in [9.17, 15) is 18.0 Å². The standard InChI is InChI=1S/C14H18F3N3O/c1-8(6-9-2-3-9)19-13(21)10-4-5-12(20-18)11(7-10)14(15,16)17/h4-5,7-9,20H,2-3,6,18H2,1H3,(H,19,21). The fraction of sp³-hybridized carbons (Fsp3) is 0.500. The molecule has 0 bridgehead atoms. The summed E-state index contributed by atoms with van der Waals surface area (Å²) in [5.41, 5.74) is 0.757. The van der Waals surface area contributed by atoms with Gasteiger partial charge in [-0.15, -0.1) is 0 Å². The van der Waals surface area contributed by atoms with E-state index in [0.717, 1.165) is 31.4 Å². The molecule has 0 heterocycles. The first-order valence-electron chi connectivity index (χ1n) is 6.80. The highest BCUT2D eigenvalue weighted by Crippen LogP contribution is 2.35. The van der Waals surface area contributed by atoms with E-state index in [1.807, 2.05) is 12.3 Å². The van der Waals surface area contributed by atoms with Gasteiger partial charge < -0.3 is 10.7 Å². The molecule has 0 aromatic heterocycles. The largest absolute Gasteiger partial charge is 0.418 e. The first-order chi connectivity index (χ1) is 9.81. The van der Waals surface area contributed by atoms with Crippen LogP contribution in [-0.2, 0) is 6.18 Å². The predicted octanol–water partition coefficient (Wildman–Crippen LogP) is 2.91. The highest BCUT2D eigenvalue weighted by atomic mass is 19.4. The number of hydrazine groups is 1. The maximum Gasteiger partial charge on any atom is 0.418 e. The van der Waals surface area contributed by atoms with Gasteiger partial charge in [0.15, 0.2) is 0 Å². The summed E-state index contributed by atoms with van der Waals surface area (Å²) >= 11 is 0. The van der Waals surface area contributed by atoms with Crippen LogP contribution in [0.25, 0.3) is 0 Å². The van der Waals surface area contributed by atoms with Crippen molar-refractivity contribution in [3.8, 4) is 0 Å². The molecule has 1 amide bonds. The van der Waals surface area contributed by atoms with E-state index in [2.05, 4.69) is 5.32 Å². The van der Waals surface area contributed by atoms with Crippen molar-refractivity contribution < 1.29 is 18.0 Å². The molecule has 0 spiro atoms. The molecule has 0 saturated heterocycles. The zero-order valence-electron chi connectivity index (χ0n) is 11.6. The molecule has 1 unspecified atom stereocenters. The smallest absolute Gasteiger partial charge is 0.350 e. The molecule has 1 aliphatic rings. The Morgan fingerprint density at radius 3 is 2.62 bits per heavy atom. The third-order valence-electron chi connectivity index (χ3n) is 3.50. The average Bonchev–Trinajstić information content (AvgIpc) is 3.20. The lowest BCUT2D eigenvalue weighted by atomic mass is 10.1. The van der Waals surface area contributed by atoms with Gasteiger partial charge in [-0.25, -0.2) is 0 Å². The molecular formula is C14H18F3N3O. The third-order valence-corrected chi connectivity index (χ3v) is 3.50. The summed E-state index contributed by atoms with van der Waals surface area (Å²) in [5, 5.41) is 2.73. The second-order valence-electron chi connectivity index (χ2n) is 5.46. The van der Waals surface area contributed by atoms with Crippen molar-refractivity contribution in [2.24, 2.45) is 11.8 Å². The van der Waals surface area contributed by atoms with Gasteiger partial charge in [0.25, 0.3) is 5.91 Å². The van der Waals surface area contributed by atoms with Crippen molar-refractivity contribution >= 4 is 11.6 Å². The number of alkyl halides is 3. The van der Waals surface area contributed by atoms with Crippen LogP contribution in [0.15, 0.2) is 18.2 Å². The number of nitrogens with two attached hydrogens (primary N) is 1. The first-order valence-corrected chi connectivity index (χ1v) is 6.80. The number of hydrogen-bond donors (Lipinski definition) is 3. The predicted molar refractivity (Wildman–Crippen MR) is 73.5 cm³/mol. The van der Waals surface area contributed by atoms with Crippen molar-refractivity contribution in [3.63, 3.8) is 0 Å². The minimum Gasteiger partial charge on any atom is -0.350 e. The summed E-state index contributed by atoms with van der Waals surface area (Å²) in [6, 6.07) is 3.24. The molecule has 1 aromatic rings. The number of hydrogen-bond acceptors (Lipinski definition) is 3. The van der Waals surface area contributed by atoms with E-state index in [4.69, 9.17) is 5.84 Å². The summed E-state index contributed by atoms with van der Waals surface area (Å²) in [7, 11) is 0. The number of nitrogens with one attached hydrogen (secondary N) is 2. The van der Waals surface area contributed by atoms with Crippen LogP contribution in [0.4, 0.5) is 18.9 Å². The molecule has 4 N–H and O–H groups in total. The number of amides is 1. The van der Waals surface area contributed by atoms with Gasteiger partial charge in [-0.2, -0.15) is 13.2 Å². The first kappa shape index (κ1) is 15.6. The maximum atomic E-state index is 12.9. The van der Waals surface area contributed by atoms with Crippen molar-refractivity contribution in [2.45, 2.75) is 38.4 Å². The SMILES string of the molecule is CC(CC1CC1)NC(=O)c1ccc(NN)c(C(F)(F)F)c1. The molecule has 0 aliphatic heterocycles. The van der Waals surface area contributed by atoms with Gasteiger partial charge in [-0.3, -0.25) is 10.6 Å². The van der Waals surface area contributed by atoms with Crippen LogP contribution in [0.2, 0.25) is 0 Å². The second-order valence-corrected chi connectivity index (χ2v) is 5.46. The van der Waals surface area contributed by atoms with E-state index in [-0.39, 0.29) is 17.3 Å². The summed E-state index contributed by atoms with van der Waals surface area (Å²) in [4.78, 5) is 12.0. The fourth-order valence-corrected chi connectivity index (χ4v) is 2.27. The maximum absolute atomic E-state index is 12.9. The number of nitrogen functional groups attached to an aromatic ring is 1. The Labute approximate surface area is 120 Å². The molecule has 2 rings (SSSR count). The number of anilines is 1. The summed E-state index contributed by atoms with van der Waals surface area (Å²) in [5.74, 6) is 5.20. The lowest BCUT2D eigenvalue weighted by Gasteiger charge is -2.16. The van der Waals surface area contributed by atoms with Gasteiger partial charge in [-0.1, -0.05) is 12.8 Å². The van der Waals surface area contributed by atoms with Crippen LogP contribution >= 0.6 is 0 Å². The van der Waals surface area contributed by atoms with Crippen LogP contribution in [0.3, 0.4) is 0 Å². The highest BCUT2D eigenvalue weighted by Gasteiger charge is 2.34. The van der Waals surface area contributed by atoms with E-state index in [1.165, 1.54) is 6.07 Å². The zero-order valence-corrected chi connectivity index (χ0v) is 11.6. The Morgan fingerprint density at radius 2 is 2.10 bits per heavy atom. The van der Waals surface area contributed by atoms with Crippen molar-refractivity contribution in [3.05, 3.63) is 29.3 Å². The molecule has 0 radical (unpaired) electrons. The Morgan fingerprint density at radius 1 is 1.43 bits per heavy atom. The second kappa shape index (κ2) is 5.93. The lowest BCUT2D eigenvalue weighted by Crippen LogP contribution is -2.33. The van der Waals surface area contributed by atoms with E-state index in [1.54, 1.807) is 0 Å². The molecule has 7 heteroatoms. The molecule has 1 aromatic carbocycles.